The first-order chi connectivity index (χ1) is 8.02. The third kappa shape index (κ3) is 2.47. The number of carbonyl (C=O) groups is 1. The minimum Gasteiger partial charge on any atom is -0.310 e. The van der Waals surface area contributed by atoms with E-state index in [4.69, 9.17) is 0 Å². The maximum absolute atomic E-state index is 12.0. The van der Waals surface area contributed by atoms with Crippen LogP contribution in [-0.2, 0) is 4.79 Å². The monoisotopic (exact) mass is 357 g/mol. The predicted octanol–water partition coefficient (Wildman–Crippen LogP) is 4.06. The Kier molecular flexibility index (Phi) is 3.73. The van der Waals surface area contributed by atoms with Crippen LogP contribution in [0.3, 0.4) is 0 Å². The zero-order valence-corrected chi connectivity index (χ0v) is 12.7. The number of anilines is 1. The topological polar surface area (TPSA) is 20.3 Å². The van der Waals surface area contributed by atoms with E-state index in [1.54, 1.807) is 0 Å². The standard InChI is InChI=1S/C13H13Br2NO/c1-3-9-6-12(17)16(7-9)13-10(14)4-8(2)5-11(13)15/h3-5,9H,1,6-7H2,2H3. The molecule has 90 valence electrons. The Bertz CT molecular complexity index is 461. The molecule has 0 N–H and O–H groups in total. The van der Waals surface area contributed by atoms with Crippen LogP contribution in [0.4, 0.5) is 5.69 Å². The molecule has 2 rings (SSSR count). The van der Waals surface area contributed by atoms with Crippen molar-refractivity contribution in [2.24, 2.45) is 5.92 Å². The lowest BCUT2D eigenvalue weighted by Crippen LogP contribution is -2.25. The van der Waals surface area contributed by atoms with Crippen LogP contribution in [0, 0.1) is 12.8 Å². The highest BCUT2D eigenvalue weighted by molar-refractivity contribution is 9.11. The number of benzene rings is 1. The van der Waals surface area contributed by atoms with Crippen molar-refractivity contribution in [2.45, 2.75) is 13.3 Å². The van der Waals surface area contributed by atoms with Gasteiger partial charge in [0.05, 0.1) is 5.69 Å². The maximum atomic E-state index is 12.0. The molecule has 1 aliphatic heterocycles. The van der Waals surface area contributed by atoms with E-state index in [9.17, 15) is 4.79 Å². The molecule has 1 fully saturated rings. The van der Waals surface area contributed by atoms with Crippen molar-refractivity contribution in [3.8, 4) is 0 Å². The summed E-state index contributed by atoms with van der Waals surface area (Å²) in [6.45, 7) is 6.50. The molecule has 0 spiro atoms. The summed E-state index contributed by atoms with van der Waals surface area (Å²) in [6, 6.07) is 4.04. The largest absolute Gasteiger partial charge is 0.310 e. The maximum Gasteiger partial charge on any atom is 0.227 e. The quantitative estimate of drug-likeness (QED) is 0.730. The Morgan fingerprint density at radius 2 is 2.00 bits per heavy atom. The highest BCUT2D eigenvalue weighted by Gasteiger charge is 2.31. The van der Waals surface area contributed by atoms with Crippen molar-refractivity contribution in [2.75, 3.05) is 11.4 Å². The van der Waals surface area contributed by atoms with Crippen molar-refractivity contribution < 1.29 is 4.79 Å². The van der Waals surface area contributed by atoms with E-state index >= 15 is 0 Å². The molecule has 2 nitrogen and oxygen atoms in total. The van der Waals surface area contributed by atoms with E-state index in [1.807, 2.05) is 30.0 Å². The van der Waals surface area contributed by atoms with Gasteiger partial charge in [-0.25, -0.2) is 0 Å². The van der Waals surface area contributed by atoms with Gasteiger partial charge in [0, 0.05) is 27.8 Å². The highest BCUT2D eigenvalue weighted by Crippen LogP contribution is 2.38. The van der Waals surface area contributed by atoms with Crippen LogP contribution in [-0.4, -0.2) is 12.5 Å². The number of nitrogens with zero attached hydrogens (tertiary/aromatic N) is 1. The summed E-state index contributed by atoms with van der Waals surface area (Å²) in [7, 11) is 0. The SMILES string of the molecule is C=CC1CC(=O)N(c2c(Br)cc(C)cc2Br)C1. The van der Waals surface area contributed by atoms with Crippen LogP contribution in [0.5, 0.6) is 0 Å². The number of rotatable bonds is 2. The predicted molar refractivity (Wildman–Crippen MR) is 77.2 cm³/mol. The second-order valence-corrected chi connectivity index (χ2v) is 5.99. The Morgan fingerprint density at radius 1 is 1.41 bits per heavy atom. The molecule has 1 aromatic carbocycles. The molecule has 1 aromatic rings. The molecule has 0 radical (unpaired) electrons. The van der Waals surface area contributed by atoms with Crippen molar-refractivity contribution in [1.29, 1.82) is 0 Å². The number of hydrogen-bond donors (Lipinski definition) is 0. The van der Waals surface area contributed by atoms with Crippen LogP contribution >= 0.6 is 31.9 Å². The first kappa shape index (κ1) is 12.8. The van der Waals surface area contributed by atoms with Gasteiger partial charge in [0.2, 0.25) is 5.91 Å². The number of carbonyl (C=O) groups excluding carboxylic acids is 1. The van der Waals surface area contributed by atoms with Crippen LogP contribution in [0.1, 0.15) is 12.0 Å². The van der Waals surface area contributed by atoms with Gasteiger partial charge in [0.25, 0.3) is 0 Å². The molecule has 1 aliphatic rings. The van der Waals surface area contributed by atoms with Gasteiger partial charge in [0.15, 0.2) is 0 Å². The molecule has 17 heavy (non-hydrogen) atoms. The average molecular weight is 359 g/mol. The van der Waals surface area contributed by atoms with Crippen molar-refractivity contribution >= 4 is 43.5 Å². The fraction of sp³-hybridized carbons (Fsp3) is 0.308. The summed E-state index contributed by atoms with van der Waals surface area (Å²) in [4.78, 5) is 13.8. The number of halogens is 2. The summed E-state index contributed by atoms with van der Waals surface area (Å²) in [5.74, 6) is 0.405. The fourth-order valence-corrected chi connectivity index (χ4v) is 3.90. The average Bonchev–Trinajstić information content (AvgIpc) is 2.59. The molecule has 1 saturated heterocycles. The Morgan fingerprint density at radius 3 is 2.47 bits per heavy atom. The van der Waals surface area contributed by atoms with E-state index in [-0.39, 0.29) is 11.8 Å². The second kappa shape index (κ2) is 4.94. The summed E-state index contributed by atoms with van der Waals surface area (Å²) in [5, 5.41) is 0. The molecule has 0 bridgehead atoms. The molecule has 0 saturated carbocycles. The first-order valence-electron chi connectivity index (χ1n) is 5.41. The fourth-order valence-electron chi connectivity index (χ4n) is 2.06. The van der Waals surface area contributed by atoms with Gasteiger partial charge in [-0.2, -0.15) is 0 Å². The van der Waals surface area contributed by atoms with Gasteiger partial charge in [-0.15, -0.1) is 6.58 Å². The number of amides is 1. The van der Waals surface area contributed by atoms with Gasteiger partial charge in [-0.1, -0.05) is 6.08 Å². The van der Waals surface area contributed by atoms with Gasteiger partial charge in [-0.3, -0.25) is 4.79 Å². The molecule has 0 aliphatic carbocycles. The summed E-state index contributed by atoms with van der Waals surface area (Å²) < 4.78 is 1.89. The van der Waals surface area contributed by atoms with E-state index < -0.39 is 0 Å². The van der Waals surface area contributed by atoms with Crippen LogP contribution in [0.15, 0.2) is 33.7 Å². The van der Waals surface area contributed by atoms with Crippen LogP contribution in [0.25, 0.3) is 0 Å². The second-order valence-electron chi connectivity index (χ2n) is 4.28. The molecule has 1 atom stereocenters. The molecule has 4 heteroatoms. The zero-order chi connectivity index (χ0) is 12.6. The highest BCUT2D eigenvalue weighted by atomic mass is 79.9. The minimum atomic E-state index is 0.153. The summed E-state index contributed by atoms with van der Waals surface area (Å²) >= 11 is 7.06. The first-order valence-corrected chi connectivity index (χ1v) is 7.00. The van der Waals surface area contributed by atoms with Crippen molar-refractivity contribution in [3.05, 3.63) is 39.3 Å². The molecule has 1 heterocycles. The Labute approximate surface area is 118 Å². The smallest absolute Gasteiger partial charge is 0.227 e. The normalized spacial score (nSPS) is 19.8. The minimum absolute atomic E-state index is 0.153. The lowest BCUT2D eigenvalue weighted by atomic mass is 10.1. The van der Waals surface area contributed by atoms with E-state index in [0.29, 0.717) is 13.0 Å². The van der Waals surface area contributed by atoms with Crippen molar-refractivity contribution in [3.63, 3.8) is 0 Å². The van der Waals surface area contributed by atoms with E-state index in [2.05, 4.69) is 38.4 Å². The molecular formula is C13H13Br2NO. The van der Waals surface area contributed by atoms with Gasteiger partial charge in [-0.05, 0) is 56.5 Å². The summed E-state index contributed by atoms with van der Waals surface area (Å²) in [6.07, 6.45) is 2.41. The van der Waals surface area contributed by atoms with E-state index in [0.717, 1.165) is 20.2 Å². The molecular weight excluding hydrogens is 346 g/mol. The lowest BCUT2D eigenvalue weighted by molar-refractivity contribution is -0.117. The number of hydrogen-bond acceptors (Lipinski definition) is 1. The van der Waals surface area contributed by atoms with Crippen LogP contribution in [0.2, 0.25) is 0 Å². The van der Waals surface area contributed by atoms with E-state index in [1.165, 1.54) is 0 Å². The molecule has 0 aromatic heterocycles. The third-order valence-electron chi connectivity index (χ3n) is 2.92. The molecule has 1 unspecified atom stereocenters. The summed E-state index contributed by atoms with van der Waals surface area (Å²) in [5.41, 5.74) is 2.07. The van der Waals surface area contributed by atoms with Gasteiger partial charge >= 0.3 is 0 Å². The van der Waals surface area contributed by atoms with Gasteiger partial charge in [0.1, 0.15) is 0 Å². The number of aryl methyl sites for hydroxylation is 1. The van der Waals surface area contributed by atoms with Gasteiger partial charge < -0.3 is 4.90 Å². The zero-order valence-electron chi connectivity index (χ0n) is 9.54. The van der Waals surface area contributed by atoms with Crippen LogP contribution < -0.4 is 4.90 Å². The lowest BCUT2D eigenvalue weighted by Gasteiger charge is -2.20. The Balaban J connectivity index is 2.41. The third-order valence-corrected chi connectivity index (χ3v) is 4.13. The Hall–Kier alpha value is -0.610. The molecule has 1 amide bonds. The van der Waals surface area contributed by atoms with Crippen molar-refractivity contribution in [1.82, 2.24) is 0 Å².